The first-order valence-electron chi connectivity index (χ1n) is 8.42. The summed E-state index contributed by atoms with van der Waals surface area (Å²) in [5, 5.41) is 7.57. The van der Waals surface area contributed by atoms with Gasteiger partial charge in [0.1, 0.15) is 5.82 Å². The van der Waals surface area contributed by atoms with Crippen LogP contribution in [0.2, 0.25) is 0 Å². The molecule has 0 amide bonds. The lowest BCUT2D eigenvalue weighted by Crippen LogP contribution is -2.35. The van der Waals surface area contributed by atoms with Gasteiger partial charge < -0.3 is 4.90 Å². The molecule has 0 saturated carbocycles. The van der Waals surface area contributed by atoms with Crippen LogP contribution >= 0.6 is 0 Å². The van der Waals surface area contributed by atoms with Crippen molar-refractivity contribution in [1.82, 2.24) is 20.2 Å². The van der Waals surface area contributed by atoms with Crippen LogP contribution in [0.15, 0.2) is 49.1 Å². The minimum absolute atomic E-state index is 0.430. The molecule has 1 aliphatic rings. The molecule has 122 valence electrons. The molecule has 1 N–H and O–H groups in total. The fourth-order valence-electron chi connectivity index (χ4n) is 3.45. The molecule has 1 aliphatic heterocycles. The summed E-state index contributed by atoms with van der Waals surface area (Å²) in [5.74, 6) is 1.39. The van der Waals surface area contributed by atoms with Gasteiger partial charge >= 0.3 is 0 Å². The molecule has 0 bridgehead atoms. The minimum atomic E-state index is 0.430. The number of aromatic nitrogens is 4. The van der Waals surface area contributed by atoms with E-state index in [9.17, 15) is 0 Å². The van der Waals surface area contributed by atoms with E-state index >= 15 is 0 Å². The van der Waals surface area contributed by atoms with Crippen LogP contribution in [0, 0.1) is 6.92 Å². The molecular formula is C19H21N5. The van der Waals surface area contributed by atoms with Gasteiger partial charge in [-0.2, -0.15) is 5.10 Å². The van der Waals surface area contributed by atoms with Gasteiger partial charge in [-0.3, -0.25) is 10.1 Å². The number of nitrogens with one attached hydrogen (secondary N) is 1. The van der Waals surface area contributed by atoms with Crippen LogP contribution in [-0.4, -0.2) is 33.3 Å². The van der Waals surface area contributed by atoms with Crippen LogP contribution in [0.5, 0.6) is 0 Å². The number of hydrogen-bond acceptors (Lipinski definition) is 4. The maximum atomic E-state index is 4.45. The molecule has 4 rings (SSSR count). The number of aromatic amines is 1. The number of aryl methyl sites for hydroxylation is 1. The van der Waals surface area contributed by atoms with Crippen molar-refractivity contribution in [3.63, 3.8) is 0 Å². The van der Waals surface area contributed by atoms with Gasteiger partial charge in [0.05, 0.1) is 12.4 Å². The van der Waals surface area contributed by atoms with E-state index in [1.165, 1.54) is 22.4 Å². The fraction of sp³-hybridized carbons (Fsp3) is 0.316. The van der Waals surface area contributed by atoms with Gasteiger partial charge in [0.25, 0.3) is 0 Å². The first-order valence-corrected chi connectivity index (χ1v) is 8.42. The summed E-state index contributed by atoms with van der Waals surface area (Å²) < 4.78 is 0. The molecule has 3 heterocycles. The maximum absolute atomic E-state index is 4.45. The summed E-state index contributed by atoms with van der Waals surface area (Å²) in [5.41, 5.74) is 4.93. The molecule has 5 nitrogen and oxygen atoms in total. The zero-order chi connectivity index (χ0) is 16.4. The van der Waals surface area contributed by atoms with Gasteiger partial charge in [-0.15, -0.1) is 0 Å². The summed E-state index contributed by atoms with van der Waals surface area (Å²) in [6, 6.07) is 8.65. The highest BCUT2D eigenvalue weighted by Gasteiger charge is 2.25. The molecule has 3 aromatic rings. The standard InChI is InChI=1S/C19H21N5/c1-14-4-6-15(7-5-14)17-11-22-23-19(17)16-3-2-10-24(13-16)18-12-20-8-9-21-18/h4-9,11-12,16H,2-3,10,13H2,1H3,(H,22,23)/t16-/m1/s1. The van der Waals surface area contributed by atoms with Crippen LogP contribution < -0.4 is 4.90 Å². The highest BCUT2D eigenvalue weighted by atomic mass is 15.2. The van der Waals surface area contributed by atoms with Crippen molar-refractivity contribution < 1.29 is 0 Å². The first-order chi connectivity index (χ1) is 11.8. The highest BCUT2D eigenvalue weighted by Crippen LogP contribution is 2.34. The Kier molecular flexibility index (Phi) is 3.99. The number of H-pyrrole nitrogens is 1. The second-order valence-electron chi connectivity index (χ2n) is 6.41. The molecule has 5 heteroatoms. The summed E-state index contributed by atoms with van der Waals surface area (Å²) in [6.45, 7) is 4.09. The molecule has 0 aliphatic carbocycles. The predicted molar refractivity (Wildman–Crippen MR) is 95.0 cm³/mol. The fourth-order valence-corrected chi connectivity index (χ4v) is 3.45. The normalized spacial score (nSPS) is 17.9. The monoisotopic (exact) mass is 319 g/mol. The Morgan fingerprint density at radius 2 is 2.00 bits per heavy atom. The number of benzene rings is 1. The highest BCUT2D eigenvalue weighted by molar-refractivity contribution is 5.66. The van der Waals surface area contributed by atoms with Crippen LogP contribution in [0.3, 0.4) is 0 Å². The van der Waals surface area contributed by atoms with E-state index in [2.05, 4.69) is 56.3 Å². The average Bonchev–Trinajstić information content (AvgIpc) is 3.13. The second-order valence-corrected chi connectivity index (χ2v) is 6.41. The topological polar surface area (TPSA) is 57.7 Å². The van der Waals surface area contributed by atoms with Crippen molar-refractivity contribution >= 4 is 5.82 Å². The second kappa shape index (κ2) is 6.43. The van der Waals surface area contributed by atoms with Gasteiger partial charge in [-0.05, 0) is 25.3 Å². The van der Waals surface area contributed by atoms with Crippen molar-refractivity contribution in [2.75, 3.05) is 18.0 Å². The quantitative estimate of drug-likeness (QED) is 0.802. The summed E-state index contributed by atoms with van der Waals surface area (Å²) in [7, 11) is 0. The molecule has 0 radical (unpaired) electrons. The minimum Gasteiger partial charge on any atom is -0.355 e. The van der Waals surface area contributed by atoms with Crippen molar-refractivity contribution in [2.45, 2.75) is 25.7 Å². The summed E-state index contributed by atoms with van der Waals surface area (Å²) >= 11 is 0. The first kappa shape index (κ1) is 14.9. The Labute approximate surface area is 141 Å². The van der Waals surface area contributed by atoms with Gasteiger partial charge in [0.2, 0.25) is 0 Å². The number of nitrogens with zero attached hydrogens (tertiary/aromatic N) is 4. The van der Waals surface area contributed by atoms with Gasteiger partial charge in [-0.1, -0.05) is 29.8 Å². The molecule has 24 heavy (non-hydrogen) atoms. The van der Waals surface area contributed by atoms with E-state index in [0.29, 0.717) is 5.92 Å². The van der Waals surface area contributed by atoms with Crippen LogP contribution in [0.4, 0.5) is 5.82 Å². The third-order valence-electron chi connectivity index (χ3n) is 4.73. The van der Waals surface area contributed by atoms with Crippen molar-refractivity contribution in [3.8, 4) is 11.1 Å². The van der Waals surface area contributed by atoms with E-state index in [4.69, 9.17) is 0 Å². The maximum Gasteiger partial charge on any atom is 0.147 e. The third-order valence-corrected chi connectivity index (χ3v) is 4.73. The van der Waals surface area contributed by atoms with Gasteiger partial charge in [0, 0.05) is 42.7 Å². The van der Waals surface area contributed by atoms with E-state index in [1.807, 2.05) is 12.4 Å². The SMILES string of the molecule is Cc1ccc(-c2cn[nH]c2[C@@H]2CCCN(c3cnccn3)C2)cc1. The van der Waals surface area contributed by atoms with E-state index < -0.39 is 0 Å². The number of anilines is 1. The third kappa shape index (κ3) is 2.89. The smallest absolute Gasteiger partial charge is 0.147 e. The zero-order valence-electron chi connectivity index (χ0n) is 13.8. The zero-order valence-corrected chi connectivity index (χ0v) is 13.8. The van der Waals surface area contributed by atoms with Crippen LogP contribution in [0.25, 0.3) is 11.1 Å². The van der Waals surface area contributed by atoms with Crippen molar-refractivity contribution in [3.05, 3.63) is 60.3 Å². The van der Waals surface area contributed by atoms with Gasteiger partial charge in [-0.25, -0.2) is 4.98 Å². The van der Waals surface area contributed by atoms with E-state index in [0.717, 1.165) is 31.7 Å². The molecule has 1 aromatic carbocycles. The molecule has 2 aromatic heterocycles. The number of rotatable bonds is 3. The molecule has 1 fully saturated rings. The molecule has 0 spiro atoms. The van der Waals surface area contributed by atoms with Crippen molar-refractivity contribution in [2.24, 2.45) is 0 Å². The molecule has 0 unspecified atom stereocenters. The van der Waals surface area contributed by atoms with Gasteiger partial charge in [0.15, 0.2) is 0 Å². The molecule has 1 saturated heterocycles. The van der Waals surface area contributed by atoms with Crippen molar-refractivity contribution in [1.29, 1.82) is 0 Å². The molecule has 1 atom stereocenters. The Hall–Kier alpha value is -2.69. The number of piperidine rings is 1. The van der Waals surface area contributed by atoms with E-state index in [-0.39, 0.29) is 0 Å². The number of hydrogen-bond donors (Lipinski definition) is 1. The Morgan fingerprint density at radius 3 is 2.79 bits per heavy atom. The lowest BCUT2D eigenvalue weighted by atomic mass is 9.90. The largest absolute Gasteiger partial charge is 0.355 e. The van der Waals surface area contributed by atoms with Crippen LogP contribution in [-0.2, 0) is 0 Å². The van der Waals surface area contributed by atoms with Crippen LogP contribution in [0.1, 0.15) is 30.0 Å². The lowest BCUT2D eigenvalue weighted by molar-refractivity contribution is 0.498. The lowest BCUT2D eigenvalue weighted by Gasteiger charge is -2.33. The average molecular weight is 319 g/mol. The predicted octanol–water partition coefficient (Wildman–Crippen LogP) is 3.56. The summed E-state index contributed by atoms with van der Waals surface area (Å²) in [4.78, 5) is 11.0. The molecular weight excluding hydrogens is 298 g/mol. The summed E-state index contributed by atoms with van der Waals surface area (Å²) in [6.07, 6.45) is 9.57. The Balaban J connectivity index is 1.60. The Morgan fingerprint density at radius 1 is 1.12 bits per heavy atom. The Bertz CT molecular complexity index is 794. The van der Waals surface area contributed by atoms with E-state index in [1.54, 1.807) is 12.4 Å².